The quantitative estimate of drug-likeness (QED) is 0.477. The molecule has 0 aliphatic carbocycles. The van der Waals surface area contributed by atoms with Crippen LogP contribution in [0.2, 0.25) is 5.02 Å². The molecule has 0 saturated heterocycles. The third-order valence-corrected chi connectivity index (χ3v) is 6.93. The molecular formula is C20H17ClN6O2S2. The van der Waals surface area contributed by atoms with Gasteiger partial charge in [0.1, 0.15) is 16.6 Å². The molecule has 0 unspecified atom stereocenters. The predicted molar refractivity (Wildman–Crippen MR) is 120 cm³/mol. The maximum Gasteiger partial charge on any atom is 0.242 e. The van der Waals surface area contributed by atoms with E-state index in [0.717, 1.165) is 0 Å². The van der Waals surface area contributed by atoms with Crippen LogP contribution in [-0.4, -0.2) is 33.5 Å². The van der Waals surface area contributed by atoms with Crippen molar-refractivity contribution in [2.24, 2.45) is 0 Å². The van der Waals surface area contributed by atoms with Crippen LogP contribution in [0.15, 0.2) is 47.1 Å². The molecule has 4 rings (SSSR count). The second-order valence-electron chi connectivity index (χ2n) is 7.74. The van der Waals surface area contributed by atoms with Crippen LogP contribution in [0.25, 0.3) is 27.6 Å². The molecular weight excluding hydrogens is 456 g/mol. The minimum atomic E-state index is -3.74. The lowest BCUT2D eigenvalue weighted by molar-refractivity contribution is 0.491. The molecule has 0 fully saturated rings. The zero-order valence-corrected chi connectivity index (χ0v) is 19.2. The van der Waals surface area contributed by atoms with E-state index in [1.165, 1.54) is 29.8 Å². The van der Waals surface area contributed by atoms with Gasteiger partial charge in [-0.05, 0) is 39.0 Å². The van der Waals surface area contributed by atoms with Crippen LogP contribution in [0.4, 0.5) is 0 Å². The molecule has 1 N–H and O–H groups in total. The van der Waals surface area contributed by atoms with Gasteiger partial charge in [-0.25, -0.2) is 23.1 Å². The number of rotatable bonds is 4. The molecule has 4 heterocycles. The van der Waals surface area contributed by atoms with Crippen LogP contribution in [-0.2, 0) is 10.0 Å². The first kappa shape index (κ1) is 21.4. The summed E-state index contributed by atoms with van der Waals surface area (Å²) in [6.45, 7) is 5.28. The van der Waals surface area contributed by atoms with Crippen molar-refractivity contribution < 1.29 is 8.42 Å². The van der Waals surface area contributed by atoms with Gasteiger partial charge in [-0.15, -0.1) is 11.3 Å². The average molecular weight is 473 g/mol. The largest absolute Gasteiger partial charge is 0.266 e. The zero-order valence-electron chi connectivity index (χ0n) is 16.8. The summed E-state index contributed by atoms with van der Waals surface area (Å²) in [5, 5.41) is 13.3. The molecule has 0 saturated carbocycles. The summed E-state index contributed by atoms with van der Waals surface area (Å²) in [5.41, 5.74) is 1.09. The molecule has 0 atom stereocenters. The second kappa shape index (κ2) is 7.69. The van der Waals surface area contributed by atoms with Crippen LogP contribution in [0.1, 0.15) is 26.3 Å². The highest BCUT2D eigenvalue weighted by Crippen LogP contribution is 2.36. The van der Waals surface area contributed by atoms with Gasteiger partial charge in [-0.2, -0.15) is 5.26 Å². The summed E-state index contributed by atoms with van der Waals surface area (Å²) in [7, 11) is -3.74. The second-order valence-corrected chi connectivity index (χ2v) is 10.7. The Hall–Kier alpha value is -2.84. The molecule has 158 valence electrons. The highest BCUT2D eigenvalue weighted by atomic mass is 35.5. The molecule has 0 aliphatic heterocycles. The number of aromatic nitrogens is 4. The van der Waals surface area contributed by atoms with Crippen molar-refractivity contribution in [2.45, 2.75) is 31.2 Å². The van der Waals surface area contributed by atoms with E-state index in [9.17, 15) is 13.7 Å². The minimum absolute atomic E-state index is 0.0303. The summed E-state index contributed by atoms with van der Waals surface area (Å²) in [6, 6.07) is 6.91. The van der Waals surface area contributed by atoms with Crippen molar-refractivity contribution in [3.05, 3.63) is 52.8 Å². The van der Waals surface area contributed by atoms with Gasteiger partial charge >= 0.3 is 0 Å². The van der Waals surface area contributed by atoms with E-state index in [4.69, 9.17) is 11.6 Å². The van der Waals surface area contributed by atoms with Crippen molar-refractivity contribution >= 4 is 44.0 Å². The first-order valence-electron chi connectivity index (χ1n) is 9.11. The molecule has 31 heavy (non-hydrogen) atoms. The Bertz CT molecular complexity index is 1410. The first-order chi connectivity index (χ1) is 14.6. The monoisotopic (exact) mass is 472 g/mol. The van der Waals surface area contributed by atoms with Crippen LogP contribution in [0.5, 0.6) is 0 Å². The molecule has 0 amide bonds. The van der Waals surface area contributed by atoms with Gasteiger partial charge in [0.2, 0.25) is 10.0 Å². The highest BCUT2D eigenvalue weighted by Gasteiger charge is 2.25. The van der Waals surface area contributed by atoms with E-state index < -0.39 is 15.6 Å². The Balaban J connectivity index is 1.93. The third kappa shape index (κ3) is 4.05. The smallest absolute Gasteiger partial charge is 0.242 e. The molecule has 0 spiro atoms. The fourth-order valence-corrected chi connectivity index (χ4v) is 5.32. The molecule has 8 nitrogen and oxygen atoms in total. The van der Waals surface area contributed by atoms with Gasteiger partial charge in [0.15, 0.2) is 5.13 Å². The SMILES string of the molecule is CC(C)(C)NS(=O)(=O)c1ccc(-c2c(C#N)c3cc(Cl)cnc3n2-c2nccs2)nc1. The van der Waals surface area contributed by atoms with E-state index in [2.05, 4.69) is 25.7 Å². The van der Waals surface area contributed by atoms with Gasteiger partial charge in [0, 0.05) is 34.9 Å². The number of pyridine rings is 2. The normalized spacial score (nSPS) is 12.2. The Labute approximate surface area is 188 Å². The minimum Gasteiger partial charge on any atom is -0.266 e. The van der Waals surface area contributed by atoms with Gasteiger partial charge in [0.25, 0.3) is 0 Å². The number of nitrogens with one attached hydrogen (secondary N) is 1. The Kier molecular flexibility index (Phi) is 5.31. The van der Waals surface area contributed by atoms with Crippen molar-refractivity contribution in [1.82, 2.24) is 24.2 Å². The molecule has 0 aromatic carbocycles. The number of nitrogens with zero attached hydrogens (tertiary/aromatic N) is 5. The Morgan fingerprint density at radius 3 is 2.55 bits per heavy atom. The van der Waals surface area contributed by atoms with Gasteiger partial charge in [0.05, 0.1) is 22.0 Å². The van der Waals surface area contributed by atoms with E-state index >= 15 is 0 Å². The molecule has 4 aromatic heterocycles. The highest BCUT2D eigenvalue weighted by molar-refractivity contribution is 7.89. The van der Waals surface area contributed by atoms with E-state index in [1.807, 2.05) is 5.38 Å². The number of thiazole rings is 1. The summed E-state index contributed by atoms with van der Waals surface area (Å²) in [6.07, 6.45) is 4.42. The van der Waals surface area contributed by atoms with Crippen molar-refractivity contribution in [1.29, 1.82) is 5.26 Å². The molecule has 4 aromatic rings. The lowest BCUT2D eigenvalue weighted by Gasteiger charge is -2.20. The van der Waals surface area contributed by atoms with Gasteiger partial charge in [-0.3, -0.25) is 9.55 Å². The topological polar surface area (TPSA) is 114 Å². The van der Waals surface area contributed by atoms with Gasteiger partial charge in [-0.1, -0.05) is 11.6 Å². The van der Waals surface area contributed by atoms with E-state index in [1.54, 1.807) is 43.7 Å². The fraction of sp³-hybridized carbons (Fsp3) is 0.200. The van der Waals surface area contributed by atoms with Crippen molar-refractivity contribution in [2.75, 3.05) is 0 Å². The summed E-state index contributed by atoms with van der Waals surface area (Å²) in [5.74, 6) is 0. The summed E-state index contributed by atoms with van der Waals surface area (Å²) >= 11 is 7.50. The first-order valence-corrected chi connectivity index (χ1v) is 11.8. The molecule has 0 aliphatic rings. The third-order valence-electron chi connectivity index (χ3n) is 4.23. The summed E-state index contributed by atoms with van der Waals surface area (Å²) < 4.78 is 29.5. The number of sulfonamides is 1. The lowest BCUT2D eigenvalue weighted by atomic mass is 10.1. The van der Waals surface area contributed by atoms with Crippen LogP contribution < -0.4 is 4.72 Å². The van der Waals surface area contributed by atoms with Crippen molar-refractivity contribution in [3.63, 3.8) is 0 Å². The summed E-state index contributed by atoms with van der Waals surface area (Å²) in [4.78, 5) is 13.2. The number of nitriles is 1. The van der Waals surface area contributed by atoms with Crippen LogP contribution in [0.3, 0.4) is 0 Å². The average Bonchev–Trinajstić information content (AvgIpc) is 3.31. The zero-order chi connectivity index (χ0) is 22.4. The lowest BCUT2D eigenvalue weighted by Crippen LogP contribution is -2.40. The van der Waals surface area contributed by atoms with Gasteiger partial charge < -0.3 is 0 Å². The molecule has 0 radical (unpaired) electrons. The van der Waals surface area contributed by atoms with Crippen molar-refractivity contribution in [3.8, 4) is 22.6 Å². The van der Waals surface area contributed by atoms with Crippen LogP contribution >= 0.6 is 22.9 Å². The molecule has 11 heteroatoms. The van der Waals surface area contributed by atoms with E-state index in [0.29, 0.717) is 38.1 Å². The Morgan fingerprint density at radius 2 is 1.97 bits per heavy atom. The number of hydrogen-bond acceptors (Lipinski definition) is 7. The predicted octanol–water partition coefficient (Wildman–Crippen LogP) is 4.15. The molecule has 0 bridgehead atoms. The number of halogens is 1. The maximum absolute atomic E-state index is 12.6. The maximum atomic E-state index is 12.6. The number of hydrogen-bond donors (Lipinski definition) is 1. The fourth-order valence-electron chi connectivity index (χ4n) is 3.15. The van der Waals surface area contributed by atoms with Crippen LogP contribution in [0, 0.1) is 11.3 Å². The van der Waals surface area contributed by atoms with E-state index in [-0.39, 0.29) is 4.90 Å². The number of fused-ring (bicyclic) bond motifs is 1. The Morgan fingerprint density at radius 1 is 1.19 bits per heavy atom. The standard InChI is InChI=1S/C20H17ClN6O2S2/c1-20(2,3)26-31(28,29)13-4-5-16(24-11-13)17-15(9-22)14-8-12(21)10-25-18(14)27(17)19-23-6-7-30-19/h4-8,10-11,26H,1-3H3.